The number of benzene rings is 1. The number of alkyl halides is 3. The maximum Gasteiger partial charge on any atom is 0.416 e. The highest BCUT2D eigenvalue weighted by Gasteiger charge is 2.31. The van der Waals surface area contributed by atoms with Gasteiger partial charge in [0.1, 0.15) is 0 Å². The first kappa shape index (κ1) is 11.0. The van der Waals surface area contributed by atoms with Crippen molar-refractivity contribution in [1.82, 2.24) is 0 Å². The molecular weight excluding hydrogens is 209 g/mol. The Balaban J connectivity index is 3.34. The van der Waals surface area contributed by atoms with Crippen LogP contribution in [0.25, 0.3) is 0 Å². The van der Waals surface area contributed by atoms with Crippen molar-refractivity contribution in [3.63, 3.8) is 0 Å². The SMILES string of the molecule is N#Cc1cc(C(F)(F)F)ccc1C(N)=O. The lowest BCUT2D eigenvalue weighted by Crippen LogP contribution is -2.14. The van der Waals surface area contributed by atoms with E-state index in [0.29, 0.717) is 12.1 Å². The fourth-order valence-corrected chi connectivity index (χ4v) is 1.03. The Labute approximate surface area is 82.9 Å². The molecule has 0 aliphatic heterocycles. The van der Waals surface area contributed by atoms with Crippen molar-refractivity contribution in [2.75, 3.05) is 0 Å². The topological polar surface area (TPSA) is 66.9 Å². The summed E-state index contributed by atoms with van der Waals surface area (Å²) in [5, 5.41) is 8.53. The van der Waals surface area contributed by atoms with Gasteiger partial charge < -0.3 is 5.73 Å². The third kappa shape index (κ3) is 2.26. The molecule has 0 radical (unpaired) electrons. The average Bonchev–Trinajstić information content (AvgIpc) is 2.15. The van der Waals surface area contributed by atoms with Crippen molar-refractivity contribution in [1.29, 1.82) is 5.26 Å². The van der Waals surface area contributed by atoms with Gasteiger partial charge in [0, 0.05) is 0 Å². The zero-order valence-corrected chi connectivity index (χ0v) is 7.30. The van der Waals surface area contributed by atoms with Gasteiger partial charge in [-0.1, -0.05) is 0 Å². The standard InChI is InChI=1S/C9H5F3N2O/c10-9(11,12)6-1-2-7(8(14)15)5(3-6)4-13/h1-3H,(H2,14,15). The van der Waals surface area contributed by atoms with Crippen molar-refractivity contribution < 1.29 is 18.0 Å². The zero-order valence-electron chi connectivity index (χ0n) is 7.30. The van der Waals surface area contributed by atoms with Crippen LogP contribution in [0.5, 0.6) is 0 Å². The van der Waals surface area contributed by atoms with Gasteiger partial charge in [0.2, 0.25) is 5.91 Å². The summed E-state index contributed by atoms with van der Waals surface area (Å²) in [6.07, 6.45) is -4.54. The molecule has 78 valence electrons. The number of halogens is 3. The van der Waals surface area contributed by atoms with E-state index in [-0.39, 0.29) is 11.1 Å². The normalized spacial score (nSPS) is 10.8. The first-order chi connectivity index (χ1) is 6.86. The summed E-state index contributed by atoms with van der Waals surface area (Å²) in [5.41, 5.74) is 3.30. The molecule has 1 aromatic carbocycles. The van der Waals surface area contributed by atoms with Gasteiger partial charge in [-0.2, -0.15) is 18.4 Å². The molecule has 0 unspecified atom stereocenters. The maximum absolute atomic E-state index is 12.2. The number of nitrogens with two attached hydrogens (primary N) is 1. The van der Waals surface area contributed by atoms with Gasteiger partial charge in [0.15, 0.2) is 0 Å². The number of carbonyl (C=O) groups is 1. The second kappa shape index (κ2) is 3.61. The molecule has 0 aliphatic carbocycles. The summed E-state index contributed by atoms with van der Waals surface area (Å²) in [4.78, 5) is 10.7. The molecular formula is C9H5F3N2O. The van der Waals surface area contributed by atoms with Crippen LogP contribution in [0.3, 0.4) is 0 Å². The average molecular weight is 214 g/mol. The molecule has 3 nitrogen and oxygen atoms in total. The fraction of sp³-hybridized carbons (Fsp3) is 0.111. The summed E-state index contributed by atoms with van der Waals surface area (Å²) in [7, 11) is 0. The minimum atomic E-state index is -4.54. The van der Waals surface area contributed by atoms with Crippen molar-refractivity contribution in [2.24, 2.45) is 5.73 Å². The van der Waals surface area contributed by atoms with Crippen LogP contribution in [0.15, 0.2) is 18.2 Å². The van der Waals surface area contributed by atoms with Crippen LogP contribution in [0.2, 0.25) is 0 Å². The Kier molecular flexibility index (Phi) is 2.66. The van der Waals surface area contributed by atoms with Crippen molar-refractivity contribution >= 4 is 5.91 Å². The first-order valence-electron chi connectivity index (χ1n) is 3.77. The Hall–Kier alpha value is -2.03. The van der Waals surface area contributed by atoms with Crippen LogP contribution in [0, 0.1) is 11.3 Å². The molecule has 1 amide bonds. The molecule has 0 heterocycles. The highest BCUT2D eigenvalue weighted by molar-refractivity contribution is 5.95. The number of nitrogens with zero attached hydrogens (tertiary/aromatic N) is 1. The van der Waals surface area contributed by atoms with Crippen molar-refractivity contribution in [3.05, 3.63) is 34.9 Å². The predicted molar refractivity (Wildman–Crippen MR) is 44.7 cm³/mol. The van der Waals surface area contributed by atoms with Gasteiger partial charge in [-0.25, -0.2) is 0 Å². The Morgan fingerprint density at radius 1 is 1.40 bits per heavy atom. The van der Waals surface area contributed by atoms with E-state index in [2.05, 4.69) is 0 Å². The van der Waals surface area contributed by atoms with E-state index in [1.807, 2.05) is 0 Å². The van der Waals surface area contributed by atoms with Gasteiger partial charge in [0.05, 0.1) is 22.8 Å². The highest BCUT2D eigenvalue weighted by Crippen LogP contribution is 2.30. The van der Waals surface area contributed by atoms with Gasteiger partial charge in [-0.15, -0.1) is 0 Å². The largest absolute Gasteiger partial charge is 0.416 e. The molecule has 0 fully saturated rings. The Morgan fingerprint density at radius 3 is 2.40 bits per heavy atom. The Morgan fingerprint density at radius 2 is 2.00 bits per heavy atom. The molecule has 0 spiro atoms. The summed E-state index contributed by atoms with van der Waals surface area (Å²) < 4.78 is 36.6. The Bertz CT molecular complexity index is 446. The third-order valence-electron chi connectivity index (χ3n) is 1.73. The smallest absolute Gasteiger partial charge is 0.366 e. The summed E-state index contributed by atoms with van der Waals surface area (Å²) in [6.45, 7) is 0. The second-order valence-electron chi connectivity index (χ2n) is 2.73. The van der Waals surface area contributed by atoms with E-state index < -0.39 is 17.6 Å². The molecule has 0 saturated heterocycles. The van der Waals surface area contributed by atoms with Crippen molar-refractivity contribution in [3.8, 4) is 6.07 Å². The molecule has 1 aromatic rings. The maximum atomic E-state index is 12.2. The van der Waals surface area contributed by atoms with Gasteiger partial charge in [-0.05, 0) is 18.2 Å². The van der Waals surface area contributed by atoms with Gasteiger partial charge >= 0.3 is 6.18 Å². The lowest BCUT2D eigenvalue weighted by molar-refractivity contribution is -0.137. The lowest BCUT2D eigenvalue weighted by Gasteiger charge is -2.07. The van der Waals surface area contributed by atoms with E-state index >= 15 is 0 Å². The number of primary amides is 1. The van der Waals surface area contributed by atoms with Crippen molar-refractivity contribution in [2.45, 2.75) is 6.18 Å². The summed E-state index contributed by atoms with van der Waals surface area (Å²) in [6, 6.07) is 3.69. The van der Waals surface area contributed by atoms with E-state index in [1.165, 1.54) is 6.07 Å². The number of hydrogen-bond donors (Lipinski definition) is 1. The molecule has 0 saturated carbocycles. The number of hydrogen-bond acceptors (Lipinski definition) is 2. The molecule has 0 atom stereocenters. The van der Waals surface area contributed by atoms with Gasteiger partial charge in [-0.3, -0.25) is 4.79 Å². The van der Waals surface area contributed by atoms with Gasteiger partial charge in [0.25, 0.3) is 0 Å². The third-order valence-corrected chi connectivity index (χ3v) is 1.73. The fourth-order valence-electron chi connectivity index (χ4n) is 1.03. The molecule has 6 heteroatoms. The molecule has 0 aromatic heterocycles. The highest BCUT2D eigenvalue weighted by atomic mass is 19.4. The minimum absolute atomic E-state index is 0.217. The summed E-state index contributed by atoms with van der Waals surface area (Å²) in [5.74, 6) is -0.930. The van der Waals surface area contributed by atoms with Crippen LogP contribution < -0.4 is 5.73 Å². The molecule has 0 aliphatic rings. The van der Waals surface area contributed by atoms with E-state index in [0.717, 1.165) is 6.07 Å². The minimum Gasteiger partial charge on any atom is -0.366 e. The second-order valence-corrected chi connectivity index (χ2v) is 2.73. The molecule has 0 bridgehead atoms. The first-order valence-corrected chi connectivity index (χ1v) is 3.77. The van der Waals surface area contributed by atoms with Crippen LogP contribution in [0.4, 0.5) is 13.2 Å². The van der Waals surface area contributed by atoms with Crippen LogP contribution in [0.1, 0.15) is 21.5 Å². The molecule has 2 N–H and O–H groups in total. The predicted octanol–water partition coefficient (Wildman–Crippen LogP) is 1.68. The van der Waals surface area contributed by atoms with E-state index in [1.54, 1.807) is 0 Å². The molecule has 15 heavy (non-hydrogen) atoms. The quantitative estimate of drug-likeness (QED) is 0.772. The van der Waals surface area contributed by atoms with Crippen LogP contribution in [-0.4, -0.2) is 5.91 Å². The summed E-state index contributed by atoms with van der Waals surface area (Å²) >= 11 is 0. The molecule has 1 rings (SSSR count). The number of rotatable bonds is 1. The van der Waals surface area contributed by atoms with E-state index in [9.17, 15) is 18.0 Å². The number of nitriles is 1. The lowest BCUT2D eigenvalue weighted by atomic mass is 10.0. The van der Waals surface area contributed by atoms with E-state index in [4.69, 9.17) is 11.0 Å². The van der Waals surface area contributed by atoms with Crippen LogP contribution in [-0.2, 0) is 6.18 Å². The zero-order chi connectivity index (χ0) is 11.6. The van der Waals surface area contributed by atoms with Crippen LogP contribution >= 0.6 is 0 Å². The number of amides is 1. The monoisotopic (exact) mass is 214 g/mol. The number of carbonyl (C=O) groups excluding carboxylic acids is 1.